The van der Waals surface area contributed by atoms with Crippen LogP contribution in [0.3, 0.4) is 0 Å². The number of amides is 1. The molecular weight excluding hydrogens is 250 g/mol. The summed E-state index contributed by atoms with van der Waals surface area (Å²) >= 11 is 1.49. The highest BCUT2D eigenvalue weighted by Crippen LogP contribution is 2.24. The minimum atomic E-state index is -0.800. The van der Waals surface area contributed by atoms with Crippen molar-refractivity contribution in [2.45, 2.75) is 26.7 Å². The molecule has 1 aromatic heterocycles. The van der Waals surface area contributed by atoms with Gasteiger partial charge in [0.2, 0.25) is 0 Å². The number of rotatable bonds is 2. The second kappa shape index (κ2) is 5.10. The van der Waals surface area contributed by atoms with Crippen LogP contribution in [0.5, 0.6) is 0 Å². The smallest absolute Gasteiger partial charge is 0.308 e. The maximum Gasteiger partial charge on any atom is 0.308 e. The Morgan fingerprint density at radius 1 is 1.44 bits per heavy atom. The van der Waals surface area contributed by atoms with E-state index in [2.05, 4.69) is 0 Å². The van der Waals surface area contributed by atoms with Crippen molar-refractivity contribution in [2.75, 3.05) is 13.1 Å². The van der Waals surface area contributed by atoms with Crippen LogP contribution in [-0.4, -0.2) is 35.0 Å². The van der Waals surface area contributed by atoms with Gasteiger partial charge in [-0.1, -0.05) is 0 Å². The topological polar surface area (TPSA) is 57.6 Å². The predicted molar refractivity (Wildman–Crippen MR) is 70.1 cm³/mol. The van der Waals surface area contributed by atoms with Gasteiger partial charge in [0.15, 0.2) is 0 Å². The van der Waals surface area contributed by atoms with E-state index in [1.807, 2.05) is 19.9 Å². The Morgan fingerprint density at radius 3 is 2.72 bits per heavy atom. The lowest BCUT2D eigenvalue weighted by Gasteiger charge is -2.30. The molecule has 4 nitrogen and oxygen atoms in total. The fourth-order valence-electron chi connectivity index (χ4n) is 2.20. The second-order valence-corrected chi connectivity index (χ2v) is 6.03. The van der Waals surface area contributed by atoms with Gasteiger partial charge in [0.1, 0.15) is 0 Å². The van der Waals surface area contributed by atoms with Crippen molar-refractivity contribution < 1.29 is 14.7 Å². The molecule has 0 saturated carbocycles. The summed E-state index contributed by atoms with van der Waals surface area (Å²) < 4.78 is 0. The molecular formula is C13H17NO3S. The fraction of sp³-hybridized carbons (Fsp3) is 0.538. The van der Waals surface area contributed by atoms with Gasteiger partial charge in [-0.25, -0.2) is 0 Å². The standard InChI is InChI=1S/C13H17NO3S/c1-8-6-11(18-9(8)2)12(15)14-5-3-4-10(7-14)13(16)17/h6,10H,3-5,7H2,1-2H3,(H,16,17). The zero-order valence-corrected chi connectivity index (χ0v) is 11.4. The average Bonchev–Trinajstić information content (AvgIpc) is 2.69. The molecule has 2 heterocycles. The third kappa shape index (κ3) is 2.56. The monoisotopic (exact) mass is 267 g/mol. The second-order valence-electron chi connectivity index (χ2n) is 4.78. The lowest BCUT2D eigenvalue weighted by Crippen LogP contribution is -2.42. The van der Waals surface area contributed by atoms with Crippen LogP contribution in [0.1, 0.15) is 33.0 Å². The number of carboxylic acid groups (broad SMARTS) is 1. The summed E-state index contributed by atoms with van der Waals surface area (Å²) in [6, 6.07) is 1.90. The molecule has 2 rings (SSSR count). The first-order valence-electron chi connectivity index (χ1n) is 6.08. The summed E-state index contributed by atoms with van der Waals surface area (Å²) in [7, 11) is 0. The predicted octanol–water partition coefficient (Wildman–Crippen LogP) is 2.30. The first kappa shape index (κ1) is 13.1. The van der Waals surface area contributed by atoms with E-state index in [0.717, 1.165) is 21.7 Å². The molecule has 0 aliphatic carbocycles. The van der Waals surface area contributed by atoms with Crippen LogP contribution in [-0.2, 0) is 4.79 Å². The van der Waals surface area contributed by atoms with E-state index >= 15 is 0 Å². The van der Waals surface area contributed by atoms with E-state index in [1.54, 1.807) is 4.90 Å². The Balaban J connectivity index is 2.11. The lowest BCUT2D eigenvalue weighted by atomic mass is 9.98. The molecule has 18 heavy (non-hydrogen) atoms. The van der Waals surface area contributed by atoms with Gasteiger partial charge in [0, 0.05) is 18.0 Å². The summed E-state index contributed by atoms with van der Waals surface area (Å²) in [5.41, 5.74) is 1.12. The van der Waals surface area contributed by atoms with Gasteiger partial charge in [-0.2, -0.15) is 0 Å². The van der Waals surface area contributed by atoms with Crippen LogP contribution in [0, 0.1) is 19.8 Å². The maximum absolute atomic E-state index is 12.3. The number of thiophene rings is 1. The Hall–Kier alpha value is -1.36. The van der Waals surface area contributed by atoms with Crippen molar-refractivity contribution in [1.82, 2.24) is 4.90 Å². The molecule has 1 N–H and O–H groups in total. The van der Waals surface area contributed by atoms with E-state index in [9.17, 15) is 9.59 Å². The van der Waals surface area contributed by atoms with Crippen LogP contribution in [0.4, 0.5) is 0 Å². The number of aliphatic carboxylic acids is 1. The van der Waals surface area contributed by atoms with Crippen LogP contribution in [0.25, 0.3) is 0 Å². The zero-order valence-electron chi connectivity index (χ0n) is 10.6. The number of carbonyl (C=O) groups excluding carboxylic acids is 1. The van der Waals surface area contributed by atoms with Gasteiger partial charge in [-0.15, -0.1) is 11.3 Å². The van der Waals surface area contributed by atoms with E-state index in [4.69, 9.17) is 5.11 Å². The van der Waals surface area contributed by atoms with Gasteiger partial charge in [0.05, 0.1) is 10.8 Å². The molecule has 5 heteroatoms. The molecule has 0 aromatic carbocycles. The summed E-state index contributed by atoms with van der Waals surface area (Å²) in [4.78, 5) is 26.8. The maximum atomic E-state index is 12.3. The summed E-state index contributed by atoms with van der Waals surface area (Å²) in [5.74, 6) is -1.24. The van der Waals surface area contributed by atoms with E-state index < -0.39 is 11.9 Å². The Bertz CT molecular complexity index is 461. The van der Waals surface area contributed by atoms with Crippen LogP contribution in [0.2, 0.25) is 0 Å². The van der Waals surface area contributed by atoms with Gasteiger partial charge in [0.25, 0.3) is 5.91 Å². The Kier molecular flexibility index (Phi) is 3.71. The molecule has 1 aliphatic heterocycles. The van der Waals surface area contributed by atoms with E-state index in [-0.39, 0.29) is 5.91 Å². The Labute approximate surface area is 110 Å². The molecule has 1 amide bonds. The highest BCUT2D eigenvalue weighted by molar-refractivity contribution is 7.14. The van der Waals surface area contributed by atoms with Gasteiger partial charge in [-0.3, -0.25) is 9.59 Å². The summed E-state index contributed by atoms with van der Waals surface area (Å²) in [6.07, 6.45) is 1.44. The zero-order chi connectivity index (χ0) is 13.3. The molecule has 1 fully saturated rings. The van der Waals surface area contributed by atoms with Crippen molar-refractivity contribution in [1.29, 1.82) is 0 Å². The molecule has 1 aromatic rings. The van der Waals surface area contributed by atoms with Crippen LogP contribution in [0.15, 0.2) is 6.07 Å². The highest BCUT2D eigenvalue weighted by atomic mass is 32.1. The number of carboxylic acids is 1. The van der Waals surface area contributed by atoms with Crippen LogP contribution >= 0.6 is 11.3 Å². The normalized spacial score (nSPS) is 19.9. The molecule has 0 spiro atoms. The first-order chi connectivity index (χ1) is 8.49. The largest absolute Gasteiger partial charge is 0.481 e. The third-order valence-corrected chi connectivity index (χ3v) is 4.58. The molecule has 98 valence electrons. The van der Waals surface area contributed by atoms with Gasteiger partial charge >= 0.3 is 5.97 Å². The average molecular weight is 267 g/mol. The third-order valence-electron chi connectivity index (χ3n) is 3.43. The van der Waals surface area contributed by atoms with Crippen molar-refractivity contribution >= 4 is 23.2 Å². The molecule has 0 bridgehead atoms. The fourth-order valence-corrected chi connectivity index (χ4v) is 3.20. The van der Waals surface area contributed by atoms with Crippen molar-refractivity contribution in [3.63, 3.8) is 0 Å². The van der Waals surface area contributed by atoms with Crippen molar-refractivity contribution in [3.8, 4) is 0 Å². The molecule has 1 unspecified atom stereocenters. The SMILES string of the molecule is Cc1cc(C(=O)N2CCCC(C(=O)O)C2)sc1C. The number of hydrogen-bond acceptors (Lipinski definition) is 3. The number of likely N-dealkylation sites (tertiary alicyclic amines) is 1. The number of piperidine rings is 1. The number of nitrogens with zero attached hydrogens (tertiary/aromatic N) is 1. The lowest BCUT2D eigenvalue weighted by molar-refractivity contribution is -0.143. The number of aryl methyl sites for hydroxylation is 2. The van der Waals surface area contributed by atoms with Crippen molar-refractivity contribution in [3.05, 3.63) is 21.4 Å². The number of hydrogen-bond donors (Lipinski definition) is 1. The minimum Gasteiger partial charge on any atom is -0.481 e. The van der Waals surface area contributed by atoms with E-state index in [1.165, 1.54) is 11.3 Å². The van der Waals surface area contributed by atoms with Gasteiger partial charge < -0.3 is 10.0 Å². The highest BCUT2D eigenvalue weighted by Gasteiger charge is 2.29. The van der Waals surface area contributed by atoms with Gasteiger partial charge in [-0.05, 0) is 38.3 Å². The molecule has 1 aliphatic rings. The Morgan fingerprint density at radius 2 is 2.17 bits per heavy atom. The number of carbonyl (C=O) groups is 2. The summed E-state index contributed by atoms with van der Waals surface area (Å²) in [5, 5.41) is 9.02. The molecule has 0 radical (unpaired) electrons. The van der Waals surface area contributed by atoms with Crippen molar-refractivity contribution in [2.24, 2.45) is 5.92 Å². The van der Waals surface area contributed by atoms with E-state index in [0.29, 0.717) is 19.5 Å². The molecule has 1 saturated heterocycles. The first-order valence-corrected chi connectivity index (χ1v) is 6.90. The quantitative estimate of drug-likeness (QED) is 0.894. The summed E-state index contributed by atoms with van der Waals surface area (Å²) in [6.45, 7) is 4.98. The van der Waals surface area contributed by atoms with Crippen LogP contribution < -0.4 is 0 Å². The molecule has 1 atom stereocenters. The minimum absolute atomic E-state index is 0.0258.